The van der Waals surface area contributed by atoms with Crippen LogP contribution in [0.4, 0.5) is 0 Å². The van der Waals surface area contributed by atoms with Crippen molar-refractivity contribution >= 4 is 24.1 Å². The second-order valence-electron chi connectivity index (χ2n) is 2.85. The van der Waals surface area contributed by atoms with Gasteiger partial charge in [0.05, 0.1) is 0 Å². The van der Waals surface area contributed by atoms with Crippen molar-refractivity contribution in [2.75, 3.05) is 0 Å². The van der Waals surface area contributed by atoms with Crippen molar-refractivity contribution in [3.8, 4) is 0 Å². The third-order valence-corrected chi connectivity index (χ3v) is 1.90. The molecule has 11 heavy (non-hydrogen) atoms. The Bertz CT molecular complexity index is 379. The van der Waals surface area contributed by atoms with Gasteiger partial charge in [0.15, 0.2) is 0 Å². The Balaban J connectivity index is 2.83. The van der Waals surface area contributed by atoms with Crippen molar-refractivity contribution in [3.05, 3.63) is 42.5 Å². The predicted octanol–water partition coefficient (Wildman–Crippen LogP) is 1.10. The molecule has 0 radical (unpaired) electrons. The van der Waals surface area contributed by atoms with Crippen LogP contribution in [0.2, 0.25) is 0 Å². The topological polar surface area (TPSA) is 0 Å². The van der Waals surface area contributed by atoms with E-state index in [2.05, 4.69) is 50.3 Å². The molecule has 2 aromatic rings. The summed E-state index contributed by atoms with van der Waals surface area (Å²) in [5, 5.41) is 2.64. The van der Waals surface area contributed by atoms with E-state index in [0.29, 0.717) is 0 Å². The minimum Gasteiger partial charge on any atom is -0.0883 e. The van der Waals surface area contributed by atoms with Crippen LogP contribution in [0.15, 0.2) is 42.5 Å². The molecule has 0 aliphatic rings. The molecule has 0 spiro atoms. The summed E-state index contributed by atoms with van der Waals surface area (Å²) in [6.45, 7) is 0. The van der Waals surface area contributed by atoms with Gasteiger partial charge in [-0.05, 0) is 10.8 Å². The smallest absolute Gasteiger partial charge is 0.0883 e. The minimum absolute atomic E-state index is 1.32. The molecular weight excluding hydrogens is 131 g/mol. The van der Waals surface area contributed by atoms with E-state index in [1.165, 1.54) is 16.2 Å². The van der Waals surface area contributed by atoms with Gasteiger partial charge >= 0.3 is 0 Å². The summed E-state index contributed by atoms with van der Waals surface area (Å²) in [4.78, 5) is 0. The Labute approximate surface area is 67.3 Å². The van der Waals surface area contributed by atoms with Crippen LogP contribution in [0, 0.1) is 0 Å². The number of fused-ring (bicyclic) bond motifs is 1. The van der Waals surface area contributed by atoms with E-state index < -0.39 is 0 Å². The molecule has 2 aromatic carbocycles. The molecule has 0 aliphatic heterocycles. The zero-order valence-electron chi connectivity index (χ0n) is 6.54. The molecule has 0 bridgehead atoms. The molecule has 0 saturated carbocycles. The number of benzene rings is 2. The predicted molar refractivity (Wildman–Crippen MR) is 52.1 cm³/mol. The van der Waals surface area contributed by atoms with E-state index in [9.17, 15) is 0 Å². The summed E-state index contributed by atoms with van der Waals surface area (Å²) >= 11 is 0. The number of hydrogen-bond acceptors (Lipinski definition) is 0. The highest BCUT2D eigenvalue weighted by molar-refractivity contribution is 6.33. The van der Waals surface area contributed by atoms with Crippen molar-refractivity contribution in [2.24, 2.45) is 0 Å². The SMILES string of the molecule is Bc1ccc2ccccc2c1. The van der Waals surface area contributed by atoms with Crippen LogP contribution >= 0.6 is 0 Å². The van der Waals surface area contributed by atoms with Crippen LogP contribution in [0.3, 0.4) is 0 Å². The Morgan fingerprint density at radius 3 is 2.36 bits per heavy atom. The van der Waals surface area contributed by atoms with Gasteiger partial charge in [-0.25, -0.2) is 0 Å². The molecule has 0 nitrogen and oxygen atoms in total. The van der Waals surface area contributed by atoms with Gasteiger partial charge in [0, 0.05) is 0 Å². The monoisotopic (exact) mass is 140 g/mol. The average Bonchev–Trinajstić information content (AvgIpc) is 2.04. The summed E-state index contributed by atoms with van der Waals surface area (Å²) in [7, 11) is 2.12. The van der Waals surface area contributed by atoms with Crippen LogP contribution in [0.5, 0.6) is 0 Å². The van der Waals surface area contributed by atoms with Gasteiger partial charge in [0.25, 0.3) is 0 Å². The zero-order chi connectivity index (χ0) is 7.68. The van der Waals surface area contributed by atoms with Gasteiger partial charge in [-0.2, -0.15) is 0 Å². The average molecular weight is 140 g/mol. The summed E-state index contributed by atoms with van der Waals surface area (Å²) in [5.41, 5.74) is 1.32. The lowest BCUT2D eigenvalue weighted by atomic mass is 9.94. The molecule has 0 N–H and O–H groups in total. The second-order valence-corrected chi connectivity index (χ2v) is 2.85. The highest BCUT2D eigenvalue weighted by Gasteiger charge is 1.89. The summed E-state index contributed by atoms with van der Waals surface area (Å²) < 4.78 is 0. The largest absolute Gasteiger partial charge is 0.139 e. The van der Waals surface area contributed by atoms with E-state index >= 15 is 0 Å². The molecule has 2 rings (SSSR count). The van der Waals surface area contributed by atoms with E-state index in [1.54, 1.807) is 0 Å². The van der Waals surface area contributed by atoms with Gasteiger partial charge in [0.1, 0.15) is 7.85 Å². The van der Waals surface area contributed by atoms with Crippen LogP contribution in [-0.4, -0.2) is 7.85 Å². The Morgan fingerprint density at radius 1 is 0.818 bits per heavy atom. The summed E-state index contributed by atoms with van der Waals surface area (Å²) in [5.74, 6) is 0. The van der Waals surface area contributed by atoms with Crippen molar-refractivity contribution < 1.29 is 0 Å². The molecule has 0 saturated heterocycles. The van der Waals surface area contributed by atoms with Crippen LogP contribution in [-0.2, 0) is 0 Å². The number of rotatable bonds is 0. The summed E-state index contributed by atoms with van der Waals surface area (Å²) in [6.07, 6.45) is 0. The Kier molecular flexibility index (Phi) is 1.43. The van der Waals surface area contributed by atoms with E-state index in [1.807, 2.05) is 0 Å². The van der Waals surface area contributed by atoms with Crippen molar-refractivity contribution in [1.29, 1.82) is 0 Å². The fourth-order valence-corrected chi connectivity index (χ4v) is 1.31. The van der Waals surface area contributed by atoms with Gasteiger partial charge in [0.2, 0.25) is 0 Å². The standard InChI is InChI=1S/C10H9B/c11-10-6-5-8-3-1-2-4-9(8)7-10/h1-7H,11H2. The third-order valence-electron chi connectivity index (χ3n) is 1.90. The molecule has 1 heteroatoms. The fourth-order valence-electron chi connectivity index (χ4n) is 1.31. The van der Waals surface area contributed by atoms with Crippen LogP contribution in [0.25, 0.3) is 10.8 Å². The normalized spacial score (nSPS) is 10.2. The minimum atomic E-state index is 1.32. The lowest BCUT2D eigenvalue weighted by Crippen LogP contribution is -1.99. The van der Waals surface area contributed by atoms with Gasteiger partial charge < -0.3 is 0 Å². The quantitative estimate of drug-likeness (QED) is 0.480. The molecule has 0 fully saturated rings. The lowest BCUT2D eigenvalue weighted by molar-refractivity contribution is 1.78. The molecule has 0 aromatic heterocycles. The molecule has 0 amide bonds. The highest BCUT2D eigenvalue weighted by atomic mass is 13.9. The van der Waals surface area contributed by atoms with Crippen molar-refractivity contribution in [2.45, 2.75) is 0 Å². The first-order valence-electron chi connectivity index (χ1n) is 3.82. The maximum atomic E-state index is 2.20. The fraction of sp³-hybridized carbons (Fsp3) is 0. The van der Waals surface area contributed by atoms with Gasteiger partial charge in [-0.15, -0.1) is 0 Å². The van der Waals surface area contributed by atoms with Gasteiger partial charge in [-0.3, -0.25) is 0 Å². The molecule has 0 aliphatic carbocycles. The van der Waals surface area contributed by atoms with Crippen molar-refractivity contribution in [1.82, 2.24) is 0 Å². The van der Waals surface area contributed by atoms with Gasteiger partial charge in [-0.1, -0.05) is 47.9 Å². The first kappa shape index (κ1) is 6.47. The molecule has 52 valence electrons. The maximum absolute atomic E-state index is 2.20. The lowest BCUT2D eigenvalue weighted by Gasteiger charge is -1.96. The Morgan fingerprint density at radius 2 is 1.55 bits per heavy atom. The molecule has 0 atom stereocenters. The zero-order valence-corrected chi connectivity index (χ0v) is 6.54. The molecular formula is C10H9B. The maximum Gasteiger partial charge on any atom is 0.139 e. The second kappa shape index (κ2) is 2.42. The number of hydrogen-bond donors (Lipinski definition) is 0. The van der Waals surface area contributed by atoms with E-state index in [0.717, 1.165) is 0 Å². The van der Waals surface area contributed by atoms with E-state index in [-0.39, 0.29) is 0 Å². The first-order chi connectivity index (χ1) is 5.36. The van der Waals surface area contributed by atoms with Crippen LogP contribution < -0.4 is 5.46 Å². The summed E-state index contributed by atoms with van der Waals surface area (Å²) in [6, 6.07) is 14.9. The Hall–Kier alpha value is -1.24. The highest BCUT2D eigenvalue weighted by Crippen LogP contribution is 2.09. The van der Waals surface area contributed by atoms with E-state index in [4.69, 9.17) is 0 Å². The molecule has 0 heterocycles. The van der Waals surface area contributed by atoms with Crippen LogP contribution in [0.1, 0.15) is 0 Å². The third kappa shape index (κ3) is 1.14. The van der Waals surface area contributed by atoms with Crippen molar-refractivity contribution in [3.63, 3.8) is 0 Å². The molecule has 0 unspecified atom stereocenters. The first-order valence-corrected chi connectivity index (χ1v) is 3.82.